The Morgan fingerprint density at radius 1 is 0.774 bits per heavy atom. The van der Waals surface area contributed by atoms with E-state index < -0.39 is 17.4 Å². The first kappa shape index (κ1) is 38.9. The molecule has 0 radical (unpaired) electrons. The molecule has 1 aromatic heterocycles. The normalized spacial score (nSPS) is 12.5. The van der Waals surface area contributed by atoms with Gasteiger partial charge in [-0.05, 0) is 116 Å². The molecule has 0 unspecified atom stereocenters. The van der Waals surface area contributed by atoms with E-state index in [1.807, 2.05) is 56.3 Å². The molecule has 3 aromatic carbocycles. The molecule has 3 amide bonds. The summed E-state index contributed by atoms with van der Waals surface area (Å²) in [4.78, 5) is 66.1. The number of aryl methyl sites for hydroxylation is 3. The van der Waals surface area contributed by atoms with E-state index in [-0.39, 0.29) is 48.7 Å². The van der Waals surface area contributed by atoms with Crippen LogP contribution >= 0.6 is 11.3 Å². The van der Waals surface area contributed by atoms with Crippen LogP contribution in [0.5, 0.6) is 0 Å². The number of anilines is 2. The second-order valence-corrected chi connectivity index (χ2v) is 15.9. The lowest BCUT2D eigenvalue weighted by Crippen LogP contribution is -2.39. The molecule has 4 N–H and O–H groups in total. The monoisotopic (exact) mass is 737 g/mol. The third-order valence-electron chi connectivity index (χ3n) is 9.49. The molecule has 1 aliphatic carbocycles. The van der Waals surface area contributed by atoms with E-state index in [1.54, 1.807) is 49.1 Å². The van der Waals surface area contributed by atoms with Crippen LogP contribution in [0.2, 0.25) is 0 Å². The van der Waals surface area contributed by atoms with Gasteiger partial charge in [-0.15, -0.1) is 11.3 Å². The van der Waals surface area contributed by atoms with E-state index in [9.17, 15) is 29.1 Å². The quantitative estimate of drug-likeness (QED) is 0.0959. The zero-order valence-electron chi connectivity index (χ0n) is 30.7. The topological polar surface area (TPSA) is 153 Å². The summed E-state index contributed by atoms with van der Waals surface area (Å²) >= 11 is 1.45. The molecule has 0 fully saturated rings. The van der Waals surface area contributed by atoms with E-state index in [0.717, 1.165) is 65.7 Å². The molecule has 10 nitrogen and oxygen atoms in total. The summed E-state index contributed by atoms with van der Waals surface area (Å²) in [7, 11) is 0. The van der Waals surface area contributed by atoms with Crippen molar-refractivity contribution in [1.29, 1.82) is 0 Å². The van der Waals surface area contributed by atoms with Gasteiger partial charge >= 0.3 is 11.9 Å². The van der Waals surface area contributed by atoms with Crippen molar-refractivity contribution in [2.75, 3.05) is 10.6 Å². The van der Waals surface area contributed by atoms with Crippen LogP contribution in [-0.4, -0.2) is 50.8 Å². The highest BCUT2D eigenvalue weighted by atomic mass is 32.1. The Bertz CT molecular complexity index is 1980. The number of aliphatic carboxylic acids is 1. The number of carbonyl (C=O) groups is 5. The molecule has 0 saturated carbocycles. The number of amides is 3. The van der Waals surface area contributed by atoms with E-state index >= 15 is 0 Å². The zero-order chi connectivity index (χ0) is 38.3. The van der Waals surface area contributed by atoms with Crippen molar-refractivity contribution in [2.24, 2.45) is 5.41 Å². The van der Waals surface area contributed by atoms with Crippen molar-refractivity contribution in [3.63, 3.8) is 0 Å². The molecular weight excluding hydrogens is 691 g/mol. The minimum atomic E-state index is -0.949. The van der Waals surface area contributed by atoms with Crippen LogP contribution in [0.3, 0.4) is 0 Å². The fourth-order valence-corrected chi connectivity index (χ4v) is 7.95. The first-order chi connectivity index (χ1) is 25.2. The van der Waals surface area contributed by atoms with Crippen LogP contribution < -0.4 is 10.6 Å². The number of thiophene rings is 1. The lowest BCUT2D eigenvalue weighted by molar-refractivity contribution is -0.141. The number of nitrogens with zero attached hydrogens (tertiary/aromatic N) is 1. The highest BCUT2D eigenvalue weighted by molar-refractivity contribution is 7.17. The first-order valence-corrected chi connectivity index (χ1v) is 18.8. The number of benzene rings is 3. The summed E-state index contributed by atoms with van der Waals surface area (Å²) < 4.78 is 0. The predicted molar refractivity (Wildman–Crippen MR) is 207 cm³/mol. The summed E-state index contributed by atoms with van der Waals surface area (Å²) in [6.45, 7) is 7.62. The standard InChI is InChI=1S/C42H47N3O7S/c1-26(2)45(35(46)23-42(3,4)24-36(47)48)25-29-8-7-9-31(22-29)38(49)44-40-37(33-10-5-6-11-34(33)53-40)39(50)43-32-20-16-28(17-21-32)13-12-27-14-18-30(19-15-27)41(51)52/h7-9,14-22,26H,5-6,10-13,23-25H2,1-4H3,(H,43,50)(H,44,49)(H,47,48)(H,51,52). The number of carboxylic acid groups (broad SMARTS) is 2. The van der Waals surface area contributed by atoms with Crippen molar-refractivity contribution in [1.82, 2.24) is 4.90 Å². The summed E-state index contributed by atoms with van der Waals surface area (Å²) in [5.74, 6) is -2.69. The van der Waals surface area contributed by atoms with Crippen LogP contribution in [0.4, 0.5) is 10.7 Å². The van der Waals surface area contributed by atoms with Crippen molar-refractivity contribution in [3.8, 4) is 0 Å². The third-order valence-corrected chi connectivity index (χ3v) is 10.7. The average molecular weight is 738 g/mol. The number of nitrogens with one attached hydrogen (secondary N) is 2. The Morgan fingerprint density at radius 2 is 1.42 bits per heavy atom. The van der Waals surface area contributed by atoms with Gasteiger partial charge in [0.05, 0.1) is 17.5 Å². The Labute approximate surface area is 314 Å². The van der Waals surface area contributed by atoms with E-state index in [0.29, 0.717) is 21.8 Å². The van der Waals surface area contributed by atoms with Gasteiger partial charge in [0.15, 0.2) is 0 Å². The molecule has 5 rings (SSSR count). The van der Waals surface area contributed by atoms with Crippen molar-refractivity contribution in [3.05, 3.63) is 117 Å². The van der Waals surface area contributed by atoms with Gasteiger partial charge in [0.25, 0.3) is 11.8 Å². The van der Waals surface area contributed by atoms with E-state index in [4.69, 9.17) is 5.11 Å². The van der Waals surface area contributed by atoms with Crippen molar-refractivity contribution in [2.45, 2.75) is 91.6 Å². The van der Waals surface area contributed by atoms with Gasteiger partial charge in [-0.3, -0.25) is 19.2 Å². The molecular formula is C42H47N3O7S. The molecule has 278 valence electrons. The molecule has 1 aliphatic rings. The Kier molecular flexibility index (Phi) is 12.5. The fraction of sp³-hybridized carbons (Fsp3) is 0.357. The second-order valence-electron chi connectivity index (χ2n) is 14.7. The summed E-state index contributed by atoms with van der Waals surface area (Å²) in [5, 5.41) is 25.0. The molecule has 0 bridgehead atoms. The second kappa shape index (κ2) is 17.0. The van der Waals surface area contributed by atoms with Gasteiger partial charge < -0.3 is 25.7 Å². The first-order valence-electron chi connectivity index (χ1n) is 18.0. The van der Waals surface area contributed by atoms with Gasteiger partial charge in [-0.25, -0.2) is 4.79 Å². The summed E-state index contributed by atoms with van der Waals surface area (Å²) in [5.41, 5.74) is 4.94. The largest absolute Gasteiger partial charge is 0.481 e. The number of hydrogen-bond acceptors (Lipinski definition) is 6. The Balaban J connectivity index is 1.27. The molecule has 0 aliphatic heterocycles. The fourth-order valence-electron chi connectivity index (χ4n) is 6.67. The maximum absolute atomic E-state index is 13.9. The number of carbonyl (C=O) groups excluding carboxylic acids is 3. The van der Waals surface area contributed by atoms with Crippen LogP contribution in [0.15, 0.2) is 72.8 Å². The number of hydrogen-bond donors (Lipinski definition) is 4. The highest BCUT2D eigenvalue weighted by Gasteiger charge is 2.30. The van der Waals surface area contributed by atoms with E-state index in [1.165, 1.54) is 11.3 Å². The molecule has 0 atom stereocenters. The molecule has 11 heteroatoms. The Morgan fingerprint density at radius 3 is 2.04 bits per heavy atom. The van der Waals surface area contributed by atoms with Gasteiger partial charge in [-0.2, -0.15) is 0 Å². The van der Waals surface area contributed by atoms with Gasteiger partial charge in [0.1, 0.15) is 5.00 Å². The maximum atomic E-state index is 13.9. The molecule has 0 saturated heterocycles. The van der Waals surface area contributed by atoms with Gasteiger partial charge in [-0.1, -0.05) is 50.2 Å². The minimum absolute atomic E-state index is 0.0855. The SMILES string of the molecule is CC(C)N(Cc1cccc(C(=O)Nc2sc3c(c2C(=O)Nc2ccc(CCc4ccc(C(=O)O)cc4)cc2)CCCC3)c1)C(=O)CC(C)(C)CC(=O)O. The predicted octanol–water partition coefficient (Wildman–Crippen LogP) is 8.24. The zero-order valence-corrected chi connectivity index (χ0v) is 31.5. The lowest BCUT2D eigenvalue weighted by atomic mass is 9.85. The van der Waals surface area contributed by atoms with Crippen LogP contribution in [0.25, 0.3) is 0 Å². The van der Waals surface area contributed by atoms with Crippen molar-refractivity contribution < 1.29 is 34.2 Å². The van der Waals surface area contributed by atoms with Crippen molar-refractivity contribution >= 4 is 51.7 Å². The summed E-state index contributed by atoms with van der Waals surface area (Å²) in [6.07, 6.45) is 5.07. The number of aromatic carboxylic acids is 1. The Hall–Kier alpha value is -5.29. The molecule has 0 spiro atoms. The van der Waals surface area contributed by atoms with Crippen LogP contribution in [0.1, 0.15) is 112 Å². The number of carboxylic acids is 2. The van der Waals surface area contributed by atoms with Crippen LogP contribution in [-0.2, 0) is 41.8 Å². The number of rotatable bonds is 15. The highest BCUT2D eigenvalue weighted by Crippen LogP contribution is 2.39. The molecule has 4 aromatic rings. The molecule has 1 heterocycles. The maximum Gasteiger partial charge on any atom is 0.335 e. The van der Waals surface area contributed by atoms with Gasteiger partial charge in [0, 0.05) is 35.1 Å². The molecule has 53 heavy (non-hydrogen) atoms. The summed E-state index contributed by atoms with van der Waals surface area (Å²) in [6, 6.07) is 21.5. The van der Waals surface area contributed by atoms with Gasteiger partial charge in [0.2, 0.25) is 5.91 Å². The number of fused-ring (bicyclic) bond motifs is 1. The van der Waals surface area contributed by atoms with E-state index in [2.05, 4.69) is 10.6 Å². The smallest absolute Gasteiger partial charge is 0.335 e. The lowest BCUT2D eigenvalue weighted by Gasteiger charge is -2.31. The average Bonchev–Trinajstić information content (AvgIpc) is 3.47. The van der Waals surface area contributed by atoms with Crippen LogP contribution in [0, 0.1) is 5.41 Å². The third kappa shape index (κ3) is 10.4. The minimum Gasteiger partial charge on any atom is -0.481 e.